The SMILES string of the molecule is CN(C)c1nc(N)nc(/C(C#N)=C/c2c(Cl)cccc2Cl)n1. The van der Waals surface area contributed by atoms with Crippen LogP contribution in [0.4, 0.5) is 11.9 Å². The maximum absolute atomic E-state index is 9.38. The van der Waals surface area contributed by atoms with Crippen molar-refractivity contribution < 1.29 is 0 Å². The highest BCUT2D eigenvalue weighted by Crippen LogP contribution is 2.28. The Morgan fingerprint density at radius 1 is 1.23 bits per heavy atom. The van der Waals surface area contributed by atoms with Crippen molar-refractivity contribution in [2.45, 2.75) is 0 Å². The minimum absolute atomic E-state index is 0.0279. The maximum Gasteiger partial charge on any atom is 0.230 e. The molecule has 0 saturated carbocycles. The number of benzene rings is 1. The Hall–Kier alpha value is -2.36. The Morgan fingerprint density at radius 2 is 1.86 bits per heavy atom. The molecule has 1 aromatic carbocycles. The van der Waals surface area contributed by atoms with Crippen LogP contribution in [-0.4, -0.2) is 29.0 Å². The van der Waals surface area contributed by atoms with Gasteiger partial charge in [0.25, 0.3) is 0 Å². The van der Waals surface area contributed by atoms with E-state index in [-0.39, 0.29) is 17.3 Å². The molecular weight excluding hydrogens is 323 g/mol. The number of allylic oxidation sites excluding steroid dienone is 1. The Bertz CT molecular complexity index is 759. The van der Waals surface area contributed by atoms with Crippen LogP contribution >= 0.6 is 23.2 Å². The van der Waals surface area contributed by atoms with Crippen LogP contribution in [0.15, 0.2) is 18.2 Å². The summed E-state index contributed by atoms with van der Waals surface area (Å²) in [5.74, 6) is 0.545. The Kier molecular flexibility index (Phi) is 4.81. The van der Waals surface area contributed by atoms with Crippen molar-refractivity contribution in [1.29, 1.82) is 5.26 Å². The summed E-state index contributed by atoms with van der Waals surface area (Å²) >= 11 is 12.2. The van der Waals surface area contributed by atoms with E-state index < -0.39 is 0 Å². The molecule has 6 nitrogen and oxygen atoms in total. The Balaban J connectivity index is 2.58. The highest BCUT2D eigenvalue weighted by Gasteiger charge is 2.12. The largest absolute Gasteiger partial charge is 0.368 e. The molecule has 0 aliphatic heterocycles. The fourth-order valence-electron chi connectivity index (χ4n) is 1.64. The smallest absolute Gasteiger partial charge is 0.230 e. The van der Waals surface area contributed by atoms with Crippen molar-refractivity contribution in [3.8, 4) is 6.07 Å². The van der Waals surface area contributed by atoms with E-state index in [9.17, 15) is 5.26 Å². The first-order valence-corrected chi connectivity index (χ1v) is 6.93. The van der Waals surface area contributed by atoms with Crippen LogP contribution < -0.4 is 10.6 Å². The lowest BCUT2D eigenvalue weighted by Gasteiger charge is -2.11. The third-order valence-electron chi connectivity index (χ3n) is 2.69. The number of anilines is 2. The van der Waals surface area contributed by atoms with E-state index in [2.05, 4.69) is 15.0 Å². The summed E-state index contributed by atoms with van der Waals surface area (Å²) in [4.78, 5) is 13.9. The number of rotatable bonds is 3. The Labute approximate surface area is 137 Å². The zero-order chi connectivity index (χ0) is 16.3. The van der Waals surface area contributed by atoms with Crippen LogP contribution in [-0.2, 0) is 0 Å². The van der Waals surface area contributed by atoms with Crippen molar-refractivity contribution in [2.24, 2.45) is 0 Å². The third-order valence-corrected chi connectivity index (χ3v) is 3.35. The Morgan fingerprint density at radius 3 is 2.41 bits per heavy atom. The number of nitrogens with two attached hydrogens (primary N) is 1. The molecule has 0 aliphatic rings. The number of nitrogens with zero attached hydrogens (tertiary/aromatic N) is 5. The number of nitriles is 1. The van der Waals surface area contributed by atoms with E-state index in [1.165, 1.54) is 6.08 Å². The van der Waals surface area contributed by atoms with Crippen LogP contribution in [0.3, 0.4) is 0 Å². The molecule has 2 N–H and O–H groups in total. The van der Waals surface area contributed by atoms with Gasteiger partial charge in [-0.05, 0) is 18.2 Å². The molecule has 0 saturated heterocycles. The molecule has 0 amide bonds. The van der Waals surface area contributed by atoms with Crippen LogP contribution in [0.5, 0.6) is 0 Å². The molecule has 0 spiro atoms. The lowest BCUT2D eigenvalue weighted by Crippen LogP contribution is -2.15. The second-order valence-electron chi connectivity index (χ2n) is 4.52. The van der Waals surface area contributed by atoms with E-state index in [0.717, 1.165) is 0 Å². The van der Waals surface area contributed by atoms with E-state index in [4.69, 9.17) is 28.9 Å². The monoisotopic (exact) mass is 334 g/mol. The van der Waals surface area contributed by atoms with Gasteiger partial charge in [0.15, 0.2) is 5.82 Å². The molecule has 0 fully saturated rings. The van der Waals surface area contributed by atoms with Crippen LogP contribution in [0.1, 0.15) is 11.4 Å². The quantitative estimate of drug-likeness (QED) is 0.867. The number of hydrogen-bond acceptors (Lipinski definition) is 6. The van der Waals surface area contributed by atoms with E-state index >= 15 is 0 Å². The lowest BCUT2D eigenvalue weighted by atomic mass is 10.1. The lowest BCUT2D eigenvalue weighted by molar-refractivity contribution is 0.952. The van der Waals surface area contributed by atoms with Crippen molar-refractivity contribution in [1.82, 2.24) is 15.0 Å². The predicted octanol–water partition coefficient (Wildman–Crippen LogP) is 2.89. The number of nitrogen functional groups attached to an aromatic ring is 1. The van der Waals surface area contributed by atoms with E-state index in [1.807, 2.05) is 6.07 Å². The number of hydrogen-bond donors (Lipinski definition) is 1. The molecule has 0 unspecified atom stereocenters. The number of aromatic nitrogens is 3. The zero-order valence-electron chi connectivity index (χ0n) is 11.9. The summed E-state index contributed by atoms with van der Waals surface area (Å²) in [6.07, 6.45) is 1.53. The average molecular weight is 335 g/mol. The van der Waals surface area contributed by atoms with E-state index in [0.29, 0.717) is 21.6 Å². The van der Waals surface area contributed by atoms with Gasteiger partial charge in [0, 0.05) is 29.7 Å². The molecule has 0 bridgehead atoms. The summed E-state index contributed by atoms with van der Waals surface area (Å²) in [5, 5.41) is 10.2. The van der Waals surface area contributed by atoms with Crippen molar-refractivity contribution in [3.05, 3.63) is 39.6 Å². The summed E-state index contributed by atoms with van der Waals surface area (Å²) in [6.45, 7) is 0. The van der Waals surface area contributed by atoms with Gasteiger partial charge in [-0.15, -0.1) is 0 Å². The zero-order valence-corrected chi connectivity index (χ0v) is 13.4. The first-order chi connectivity index (χ1) is 10.4. The summed E-state index contributed by atoms with van der Waals surface area (Å²) in [6, 6.07) is 7.12. The molecule has 112 valence electrons. The van der Waals surface area contributed by atoms with Gasteiger partial charge in [0.1, 0.15) is 6.07 Å². The normalized spacial score (nSPS) is 11.1. The van der Waals surface area contributed by atoms with Gasteiger partial charge in [-0.25, -0.2) is 0 Å². The van der Waals surface area contributed by atoms with Gasteiger partial charge >= 0.3 is 0 Å². The van der Waals surface area contributed by atoms with Gasteiger partial charge in [-0.2, -0.15) is 20.2 Å². The molecule has 8 heteroatoms. The molecule has 0 radical (unpaired) electrons. The fraction of sp³-hybridized carbons (Fsp3) is 0.143. The minimum atomic E-state index is 0.0279. The maximum atomic E-state index is 9.38. The third kappa shape index (κ3) is 3.45. The molecule has 0 aliphatic carbocycles. The van der Waals surface area contributed by atoms with Gasteiger partial charge < -0.3 is 10.6 Å². The van der Waals surface area contributed by atoms with Crippen LogP contribution in [0, 0.1) is 11.3 Å². The minimum Gasteiger partial charge on any atom is -0.368 e. The number of halogens is 2. The van der Waals surface area contributed by atoms with E-state index in [1.54, 1.807) is 37.2 Å². The molecular formula is C14H12Cl2N6. The standard InChI is InChI=1S/C14H12Cl2N6/c1-22(2)14-20-12(19-13(18)21-14)8(7-17)6-9-10(15)4-3-5-11(9)16/h3-6H,1-2H3,(H2,18,19,20,21)/b8-6+. The summed E-state index contributed by atoms with van der Waals surface area (Å²) < 4.78 is 0. The second kappa shape index (κ2) is 6.60. The highest BCUT2D eigenvalue weighted by atomic mass is 35.5. The second-order valence-corrected chi connectivity index (χ2v) is 5.33. The van der Waals surface area contributed by atoms with Crippen molar-refractivity contribution >= 4 is 46.7 Å². The van der Waals surface area contributed by atoms with Gasteiger partial charge in [0.2, 0.25) is 11.9 Å². The summed E-state index contributed by atoms with van der Waals surface area (Å²) in [5.41, 5.74) is 6.37. The highest BCUT2D eigenvalue weighted by molar-refractivity contribution is 6.37. The fourth-order valence-corrected chi connectivity index (χ4v) is 2.15. The van der Waals surface area contributed by atoms with Crippen molar-refractivity contribution in [3.63, 3.8) is 0 Å². The van der Waals surface area contributed by atoms with Crippen LogP contribution in [0.2, 0.25) is 10.0 Å². The molecule has 22 heavy (non-hydrogen) atoms. The van der Waals surface area contributed by atoms with Gasteiger partial charge in [-0.3, -0.25) is 0 Å². The topological polar surface area (TPSA) is 91.7 Å². The average Bonchev–Trinajstić information content (AvgIpc) is 2.46. The molecule has 0 atom stereocenters. The van der Waals surface area contributed by atoms with Gasteiger partial charge in [0.05, 0.1) is 5.57 Å². The molecule has 2 aromatic rings. The van der Waals surface area contributed by atoms with Crippen molar-refractivity contribution in [2.75, 3.05) is 24.7 Å². The predicted molar refractivity (Wildman–Crippen MR) is 88.5 cm³/mol. The first kappa shape index (κ1) is 16.0. The molecule has 1 aromatic heterocycles. The van der Waals surface area contributed by atoms with Crippen LogP contribution in [0.25, 0.3) is 11.6 Å². The van der Waals surface area contributed by atoms with Gasteiger partial charge in [-0.1, -0.05) is 29.3 Å². The molecule has 2 rings (SSSR count). The first-order valence-electron chi connectivity index (χ1n) is 6.17. The molecule has 1 heterocycles. The summed E-state index contributed by atoms with van der Waals surface area (Å²) in [7, 11) is 3.53.